The quantitative estimate of drug-likeness (QED) is 0.390. The fourth-order valence-electron chi connectivity index (χ4n) is 3.87. The van der Waals surface area contributed by atoms with Crippen molar-refractivity contribution in [2.45, 2.75) is 20.3 Å². The first-order chi connectivity index (χ1) is 15.8. The van der Waals surface area contributed by atoms with Crippen molar-refractivity contribution >= 4 is 28.3 Å². The Hall–Kier alpha value is -4.34. The van der Waals surface area contributed by atoms with Crippen molar-refractivity contribution in [3.8, 4) is 11.4 Å². The number of carbonyl (C=O) groups is 1. The van der Waals surface area contributed by atoms with E-state index in [1.54, 1.807) is 29.6 Å². The molecule has 5 rings (SSSR count). The third-order valence-electron chi connectivity index (χ3n) is 5.49. The van der Waals surface area contributed by atoms with E-state index in [0.29, 0.717) is 33.6 Å². The van der Waals surface area contributed by atoms with Crippen molar-refractivity contribution < 1.29 is 13.6 Å². The maximum atomic E-state index is 14.1. The van der Waals surface area contributed by atoms with Crippen molar-refractivity contribution in [2.24, 2.45) is 0 Å². The van der Waals surface area contributed by atoms with Crippen LogP contribution < -0.4 is 10.9 Å². The van der Waals surface area contributed by atoms with Crippen LogP contribution in [0.2, 0.25) is 0 Å². The van der Waals surface area contributed by atoms with E-state index in [4.69, 9.17) is 0 Å². The second-order valence-electron chi connectivity index (χ2n) is 7.74. The molecule has 0 radical (unpaired) electrons. The molecule has 3 heterocycles. The third-order valence-corrected chi connectivity index (χ3v) is 5.49. The Morgan fingerprint density at radius 1 is 1.09 bits per heavy atom. The maximum Gasteiger partial charge on any atom is 0.266 e. The molecule has 10 heteroatoms. The van der Waals surface area contributed by atoms with E-state index < -0.39 is 11.6 Å². The summed E-state index contributed by atoms with van der Waals surface area (Å²) in [5.41, 5.74) is 3.96. The van der Waals surface area contributed by atoms with E-state index in [2.05, 4.69) is 25.4 Å². The third kappa shape index (κ3) is 3.75. The molecule has 0 aliphatic rings. The predicted octanol–water partition coefficient (Wildman–Crippen LogP) is 3.64. The van der Waals surface area contributed by atoms with Gasteiger partial charge in [-0.05, 0) is 50.2 Å². The van der Waals surface area contributed by atoms with Gasteiger partial charge in [0, 0.05) is 28.7 Å². The number of halogens is 2. The first kappa shape index (κ1) is 20.6. The van der Waals surface area contributed by atoms with Crippen LogP contribution in [0.15, 0.2) is 47.3 Å². The Labute approximate surface area is 185 Å². The molecule has 3 N–H and O–H groups in total. The van der Waals surface area contributed by atoms with Gasteiger partial charge in [-0.25, -0.2) is 23.3 Å². The molecule has 0 atom stereocenters. The summed E-state index contributed by atoms with van der Waals surface area (Å²) in [6.45, 7) is 3.60. The van der Waals surface area contributed by atoms with Crippen molar-refractivity contribution in [3.05, 3.63) is 81.4 Å². The van der Waals surface area contributed by atoms with Crippen LogP contribution in [0.25, 0.3) is 28.1 Å². The lowest BCUT2D eigenvalue weighted by Gasteiger charge is -2.11. The zero-order valence-electron chi connectivity index (χ0n) is 17.7. The minimum absolute atomic E-state index is 0.0219. The summed E-state index contributed by atoms with van der Waals surface area (Å²) in [5, 5.41) is 5.50. The van der Waals surface area contributed by atoms with Crippen molar-refractivity contribution in [1.82, 2.24) is 24.6 Å². The van der Waals surface area contributed by atoms with Gasteiger partial charge in [0.05, 0.1) is 23.0 Å². The van der Waals surface area contributed by atoms with Gasteiger partial charge in [0.2, 0.25) is 5.91 Å². The van der Waals surface area contributed by atoms with Crippen LogP contribution in [0.4, 0.5) is 14.5 Å². The molecule has 0 unspecified atom stereocenters. The van der Waals surface area contributed by atoms with Gasteiger partial charge in [0.1, 0.15) is 17.5 Å². The average molecular weight is 448 g/mol. The van der Waals surface area contributed by atoms with Gasteiger partial charge in [0.15, 0.2) is 5.65 Å². The molecule has 0 aliphatic heterocycles. The molecule has 0 saturated carbocycles. The lowest BCUT2D eigenvalue weighted by Crippen LogP contribution is -2.17. The highest BCUT2D eigenvalue weighted by atomic mass is 19.1. The molecule has 3 aromatic heterocycles. The maximum absolute atomic E-state index is 14.1. The van der Waals surface area contributed by atoms with E-state index >= 15 is 0 Å². The van der Waals surface area contributed by atoms with E-state index in [1.807, 2.05) is 6.92 Å². The lowest BCUT2D eigenvalue weighted by molar-refractivity contribution is -0.115. The van der Waals surface area contributed by atoms with Crippen molar-refractivity contribution in [2.75, 3.05) is 5.32 Å². The number of aromatic amines is 2. The highest BCUT2D eigenvalue weighted by Gasteiger charge is 2.16. The summed E-state index contributed by atoms with van der Waals surface area (Å²) < 4.78 is 29.2. The Bertz CT molecular complexity index is 1620. The van der Waals surface area contributed by atoms with Crippen molar-refractivity contribution in [3.63, 3.8) is 0 Å². The van der Waals surface area contributed by atoms with Crippen LogP contribution >= 0.6 is 0 Å². The monoisotopic (exact) mass is 448 g/mol. The van der Waals surface area contributed by atoms with Gasteiger partial charge in [-0.1, -0.05) is 0 Å². The number of nitrogens with zero attached hydrogens (tertiary/aromatic N) is 3. The normalized spacial score (nSPS) is 11.4. The largest absolute Gasteiger partial charge is 0.338 e. The van der Waals surface area contributed by atoms with Crippen LogP contribution in [0, 0.1) is 25.5 Å². The number of H-pyrrole nitrogens is 2. The number of amides is 1. The molecule has 166 valence electrons. The minimum atomic E-state index is -0.593. The molecule has 0 saturated heterocycles. The van der Waals surface area contributed by atoms with Gasteiger partial charge in [-0.2, -0.15) is 0 Å². The number of carbonyl (C=O) groups excluding carboxylic acids is 1. The first-order valence-electron chi connectivity index (χ1n) is 10.1. The number of rotatable bonds is 4. The van der Waals surface area contributed by atoms with Crippen LogP contribution in [0.3, 0.4) is 0 Å². The molecular formula is C23H18F2N6O2. The molecule has 0 bridgehead atoms. The smallest absolute Gasteiger partial charge is 0.266 e. The number of aryl methyl sites for hydroxylation is 2. The standard InChI is InChI=1S/C23H18F2N6O2/c1-11-15(12(2)31-20(26-11)10-22(33)30-31)9-21(32)27-14-4-6-18-19(8-14)29-23(28-18)16-7-13(24)3-5-17(16)25/h3-8,10H,9H2,1-2H3,(H,27,32)(H,28,29)(H,30,33). The van der Waals surface area contributed by atoms with E-state index in [-0.39, 0.29) is 29.3 Å². The Morgan fingerprint density at radius 2 is 1.91 bits per heavy atom. The van der Waals surface area contributed by atoms with Crippen LogP contribution in [-0.4, -0.2) is 30.5 Å². The number of aromatic nitrogens is 5. The topological polar surface area (TPSA) is 108 Å². The molecule has 1 amide bonds. The van der Waals surface area contributed by atoms with Gasteiger partial charge in [0.25, 0.3) is 5.56 Å². The summed E-state index contributed by atoms with van der Waals surface area (Å²) in [6, 6.07) is 9.58. The second kappa shape index (κ2) is 7.66. The van der Waals surface area contributed by atoms with Gasteiger partial charge < -0.3 is 10.3 Å². The van der Waals surface area contributed by atoms with Gasteiger partial charge in [-0.3, -0.25) is 14.7 Å². The zero-order valence-corrected chi connectivity index (χ0v) is 17.7. The SMILES string of the molecule is Cc1nc2cc(=O)[nH]n2c(C)c1CC(=O)Nc1ccc2nc(-c3cc(F)ccc3F)[nH]c2c1. The highest BCUT2D eigenvalue weighted by molar-refractivity contribution is 5.94. The molecule has 0 aliphatic carbocycles. The van der Waals surface area contributed by atoms with E-state index in [9.17, 15) is 18.4 Å². The van der Waals surface area contributed by atoms with Gasteiger partial charge in [-0.15, -0.1) is 0 Å². The molecular weight excluding hydrogens is 430 g/mol. The zero-order chi connectivity index (χ0) is 23.3. The molecule has 8 nitrogen and oxygen atoms in total. The Morgan fingerprint density at radius 3 is 2.73 bits per heavy atom. The molecule has 5 aromatic rings. The fourth-order valence-corrected chi connectivity index (χ4v) is 3.87. The Balaban J connectivity index is 1.40. The number of imidazole rings is 1. The number of hydrogen-bond acceptors (Lipinski definition) is 4. The van der Waals surface area contributed by atoms with Crippen molar-refractivity contribution in [1.29, 1.82) is 0 Å². The summed E-state index contributed by atoms with van der Waals surface area (Å²) in [4.78, 5) is 36.0. The minimum Gasteiger partial charge on any atom is -0.338 e. The lowest BCUT2D eigenvalue weighted by atomic mass is 10.1. The number of fused-ring (bicyclic) bond motifs is 2. The molecule has 0 spiro atoms. The van der Waals surface area contributed by atoms with Crippen LogP contribution in [0.1, 0.15) is 17.0 Å². The molecule has 33 heavy (non-hydrogen) atoms. The molecule has 0 fully saturated rings. The summed E-state index contributed by atoms with van der Waals surface area (Å²) >= 11 is 0. The predicted molar refractivity (Wildman–Crippen MR) is 119 cm³/mol. The summed E-state index contributed by atoms with van der Waals surface area (Å²) in [7, 11) is 0. The van der Waals surface area contributed by atoms with Crippen LogP contribution in [-0.2, 0) is 11.2 Å². The van der Waals surface area contributed by atoms with Gasteiger partial charge >= 0.3 is 0 Å². The summed E-state index contributed by atoms with van der Waals surface area (Å²) in [5.74, 6) is -1.24. The number of hydrogen-bond donors (Lipinski definition) is 3. The Kier molecular flexibility index (Phi) is 4.77. The second-order valence-corrected chi connectivity index (χ2v) is 7.74. The highest BCUT2D eigenvalue weighted by Crippen LogP contribution is 2.26. The first-order valence-corrected chi connectivity index (χ1v) is 10.1. The molecule has 2 aromatic carbocycles. The van der Waals surface area contributed by atoms with E-state index in [1.165, 1.54) is 6.07 Å². The van der Waals surface area contributed by atoms with Crippen LogP contribution in [0.5, 0.6) is 0 Å². The van der Waals surface area contributed by atoms with E-state index in [0.717, 1.165) is 23.9 Å². The summed E-state index contributed by atoms with van der Waals surface area (Å²) in [6.07, 6.45) is 0.0571. The average Bonchev–Trinajstić information content (AvgIpc) is 3.35. The number of anilines is 1. The fraction of sp³-hybridized carbons (Fsp3) is 0.130. The number of nitrogens with one attached hydrogen (secondary N) is 3. The number of benzene rings is 2.